The van der Waals surface area contributed by atoms with E-state index in [1.165, 1.54) is 37.4 Å². The van der Waals surface area contributed by atoms with Gasteiger partial charge in [0, 0.05) is 11.6 Å². The molecule has 1 N–H and O–H groups in total. The number of aliphatic hydroxyl groups excluding tert-OH is 1. The van der Waals surface area contributed by atoms with Crippen molar-refractivity contribution in [3.63, 3.8) is 0 Å². The van der Waals surface area contributed by atoms with Gasteiger partial charge in [0.2, 0.25) is 5.88 Å². The Hall–Kier alpha value is -4.56. The molecule has 0 amide bonds. The highest BCUT2D eigenvalue weighted by molar-refractivity contribution is 7.08. The van der Waals surface area contributed by atoms with Crippen LogP contribution in [0.2, 0.25) is 0 Å². The molecule has 0 unspecified atom stereocenters. The van der Waals surface area contributed by atoms with Crippen LogP contribution >= 0.6 is 11.5 Å². The van der Waals surface area contributed by atoms with E-state index in [9.17, 15) is 13.6 Å². The normalized spacial score (nSPS) is 10.6. The first-order valence-corrected chi connectivity index (χ1v) is 12.0. The molecule has 5 heterocycles. The SMILES string of the molecule is COC(=O)c1cc(OCc2c(-c3ccc(F)cn3)noc2C)ns1.Cc1onc(-c2ccc(F)cn2)c1CO. The highest BCUT2D eigenvalue weighted by Gasteiger charge is 2.18. The molecule has 0 aliphatic carbocycles. The molecule has 0 atom stereocenters. The Morgan fingerprint density at radius 1 is 0.949 bits per heavy atom. The number of rotatable bonds is 7. The molecule has 0 radical (unpaired) electrons. The topological polar surface area (TPSA) is 146 Å². The molecular formula is C25H21F2N5O6S. The Bertz CT molecular complexity index is 1550. The molecule has 0 bridgehead atoms. The summed E-state index contributed by atoms with van der Waals surface area (Å²) in [5, 5.41) is 16.8. The number of aromatic nitrogens is 5. The van der Waals surface area contributed by atoms with E-state index >= 15 is 0 Å². The smallest absolute Gasteiger partial charge is 0.349 e. The van der Waals surface area contributed by atoms with Crippen molar-refractivity contribution in [2.45, 2.75) is 27.1 Å². The number of hydrogen-bond acceptors (Lipinski definition) is 12. The lowest BCUT2D eigenvalue weighted by atomic mass is 10.1. The average molecular weight is 558 g/mol. The summed E-state index contributed by atoms with van der Waals surface area (Å²) >= 11 is 0.983. The quantitative estimate of drug-likeness (QED) is 0.278. The predicted molar refractivity (Wildman–Crippen MR) is 133 cm³/mol. The van der Waals surface area contributed by atoms with Crippen LogP contribution in [0.25, 0.3) is 22.8 Å². The van der Waals surface area contributed by atoms with Gasteiger partial charge in [-0.25, -0.2) is 13.6 Å². The third-order valence-electron chi connectivity index (χ3n) is 5.31. The monoisotopic (exact) mass is 557 g/mol. The summed E-state index contributed by atoms with van der Waals surface area (Å²) in [4.78, 5) is 19.6. The van der Waals surface area contributed by atoms with Gasteiger partial charge in [0.05, 0.1) is 43.1 Å². The molecule has 5 aromatic rings. The van der Waals surface area contributed by atoms with Gasteiger partial charge in [0.15, 0.2) is 0 Å². The van der Waals surface area contributed by atoms with Crippen LogP contribution in [0.5, 0.6) is 5.88 Å². The van der Waals surface area contributed by atoms with E-state index < -0.39 is 17.6 Å². The molecule has 5 rings (SSSR count). The van der Waals surface area contributed by atoms with Crippen LogP contribution in [0, 0.1) is 25.5 Å². The summed E-state index contributed by atoms with van der Waals surface area (Å²) in [7, 11) is 1.30. The number of methoxy groups -OCH3 is 1. The van der Waals surface area contributed by atoms with Crippen LogP contribution in [0.15, 0.2) is 51.8 Å². The van der Waals surface area contributed by atoms with Crippen molar-refractivity contribution in [2.24, 2.45) is 0 Å². The second-order valence-corrected chi connectivity index (χ2v) is 8.63. The zero-order chi connectivity index (χ0) is 27.9. The number of nitrogens with zero attached hydrogens (tertiary/aromatic N) is 5. The zero-order valence-electron chi connectivity index (χ0n) is 20.8. The van der Waals surface area contributed by atoms with Crippen molar-refractivity contribution in [3.8, 4) is 28.7 Å². The third-order valence-corrected chi connectivity index (χ3v) is 6.06. The number of halogens is 2. The number of esters is 1. The van der Waals surface area contributed by atoms with Gasteiger partial charge in [-0.1, -0.05) is 10.3 Å². The number of aliphatic hydroxyl groups is 1. The van der Waals surface area contributed by atoms with E-state index in [1.54, 1.807) is 13.8 Å². The Kier molecular flexibility index (Phi) is 8.68. The zero-order valence-corrected chi connectivity index (χ0v) is 21.7. The van der Waals surface area contributed by atoms with Crippen molar-refractivity contribution in [1.29, 1.82) is 0 Å². The summed E-state index contributed by atoms with van der Waals surface area (Å²) in [5.74, 6) is 0.0657. The van der Waals surface area contributed by atoms with Crippen molar-refractivity contribution in [2.75, 3.05) is 7.11 Å². The molecule has 0 aliphatic heterocycles. The minimum atomic E-state index is -0.472. The van der Waals surface area contributed by atoms with Gasteiger partial charge < -0.3 is 23.6 Å². The number of carbonyl (C=O) groups excluding carboxylic acids is 1. The van der Waals surface area contributed by atoms with Crippen LogP contribution in [-0.4, -0.2) is 42.8 Å². The van der Waals surface area contributed by atoms with Crippen molar-refractivity contribution in [1.82, 2.24) is 24.7 Å². The largest absolute Gasteiger partial charge is 0.472 e. The highest BCUT2D eigenvalue weighted by Crippen LogP contribution is 2.26. The van der Waals surface area contributed by atoms with E-state index in [-0.39, 0.29) is 13.2 Å². The van der Waals surface area contributed by atoms with E-state index in [2.05, 4.69) is 29.4 Å². The Balaban J connectivity index is 0.000000202. The fraction of sp³-hybridized carbons (Fsp3) is 0.200. The minimum Gasteiger partial charge on any atom is -0.472 e. The lowest BCUT2D eigenvalue weighted by Crippen LogP contribution is -1.99. The molecule has 202 valence electrons. The second-order valence-electron chi connectivity index (χ2n) is 7.82. The molecule has 0 saturated heterocycles. The van der Waals surface area contributed by atoms with Gasteiger partial charge in [0.1, 0.15) is 46.0 Å². The molecule has 0 spiro atoms. The summed E-state index contributed by atoms with van der Waals surface area (Å²) in [6.45, 7) is 3.38. The number of aryl methyl sites for hydroxylation is 2. The van der Waals surface area contributed by atoms with Crippen molar-refractivity contribution < 1.29 is 37.2 Å². The summed E-state index contributed by atoms with van der Waals surface area (Å²) < 4.78 is 50.0. The second kappa shape index (κ2) is 12.3. The first-order valence-electron chi connectivity index (χ1n) is 11.2. The number of carbonyl (C=O) groups is 1. The standard InChI is InChI=1S/C15H12FN3O4S.C10H9FN2O2/c1-8-10(7-22-13-5-12(24-19-13)15(20)21-2)14(18-23-8)11-4-3-9(16)6-17-11;1-6-8(5-14)10(13-15-6)9-3-2-7(11)4-12-9/h3-6H,7H2,1-2H3;2-4,14H,5H2,1H3. The fourth-order valence-electron chi connectivity index (χ4n) is 3.24. The van der Waals surface area contributed by atoms with E-state index in [4.69, 9.17) is 18.9 Å². The molecule has 0 fully saturated rings. The highest BCUT2D eigenvalue weighted by atomic mass is 32.1. The van der Waals surface area contributed by atoms with Crippen LogP contribution in [0.4, 0.5) is 8.78 Å². The summed E-state index contributed by atoms with van der Waals surface area (Å²) in [5.41, 5.74) is 3.12. The maximum atomic E-state index is 13.0. The third kappa shape index (κ3) is 6.48. The van der Waals surface area contributed by atoms with Gasteiger partial charge in [0.25, 0.3) is 0 Å². The fourth-order valence-corrected chi connectivity index (χ4v) is 3.85. The van der Waals surface area contributed by atoms with Gasteiger partial charge in [-0.05, 0) is 49.6 Å². The van der Waals surface area contributed by atoms with E-state index in [0.29, 0.717) is 56.2 Å². The number of hydrogen-bond donors (Lipinski definition) is 1. The summed E-state index contributed by atoms with van der Waals surface area (Å²) in [6, 6.07) is 7.07. The Morgan fingerprint density at radius 2 is 1.51 bits per heavy atom. The van der Waals surface area contributed by atoms with Crippen molar-refractivity contribution in [3.05, 3.63) is 81.9 Å². The molecule has 39 heavy (non-hydrogen) atoms. The van der Waals surface area contributed by atoms with Gasteiger partial charge in [-0.2, -0.15) is 4.37 Å². The van der Waals surface area contributed by atoms with Gasteiger partial charge >= 0.3 is 5.97 Å². The minimum absolute atomic E-state index is 0.119. The predicted octanol–water partition coefficient (Wildman–Crippen LogP) is 4.68. The first-order chi connectivity index (χ1) is 18.8. The lowest BCUT2D eigenvalue weighted by Gasteiger charge is -2.03. The lowest BCUT2D eigenvalue weighted by molar-refractivity contribution is 0.0606. The maximum absolute atomic E-state index is 13.0. The number of pyridine rings is 2. The molecule has 0 saturated carbocycles. The van der Waals surface area contributed by atoms with Crippen LogP contribution < -0.4 is 4.74 Å². The van der Waals surface area contributed by atoms with E-state index in [0.717, 1.165) is 23.9 Å². The average Bonchev–Trinajstić information content (AvgIpc) is 3.67. The maximum Gasteiger partial charge on any atom is 0.349 e. The van der Waals surface area contributed by atoms with Gasteiger partial charge in [-0.15, -0.1) is 0 Å². The summed E-state index contributed by atoms with van der Waals surface area (Å²) in [6.07, 6.45) is 2.20. The molecule has 0 aliphatic rings. The molecule has 14 heteroatoms. The first kappa shape index (κ1) is 27.5. The molecule has 0 aromatic carbocycles. The van der Waals surface area contributed by atoms with Crippen LogP contribution in [0.3, 0.4) is 0 Å². The molecule has 11 nitrogen and oxygen atoms in total. The van der Waals surface area contributed by atoms with Crippen LogP contribution in [-0.2, 0) is 18.0 Å². The number of ether oxygens (including phenoxy) is 2. The molecular weight excluding hydrogens is 536 g/mol. The van der Waals surface area contributed by atoms with Gasteiger partial charge in [-0.3, -0.25) is 9.97 Å². The van der Waals surface area contributed by atoms with E-state index in [1.807, 2.05) is 0 Å². The molecule has 5 aromatic heterocycles. The Labute approximate surface area is 224 Å². The van der Waals surface area contributed by atoms with Crippen LogP contribution in [0.1, 0.15) is 32.3 Å². The van der Waals surface area contributed by atoms with Crippen molar-refractivity contribution >= 4 is 17.5 Å². The Morgan fingerprint density at radius 3 is 2.03 bits per heavy atom.